The monoisotopic (exact) mass is 360 g/mol. The van der Waals surface area contributed by atoms with Crippen molar-refractivity contribution >= 4 is 27.5 Å². The number of hydrogen-bond acceptors (Lipinski definition) is 6. The quantitative estimate of drug-likeness (QED) is 0.882. The van der Waals surface area contributed by atoms with Crippen molar-refractivity contribution < 1.29 is 27.5 Å². The van der Waals surface area contributed by atoms with Crippen LogP contribution in [-0.2, 0) is 14.8 Å². The van der Waals surface area contributed by atoms with Gasteiger partial charge in [-0.2, -0.15) is 0 Å². The lowest BCUT2D eigenvalue weighted by Crippen LogP contribution is -2.37. The summed E-state index contributed by atoms with van der Waals surface area (Å²) in [5.41, 5.74) is 0.481. The van der Waals surface area contributed by atoms with Gasteiger partial charge in [0, 0.05) is 11.8 Å². The summed E-state index contributed by atoms with van der Waals surface area (Å²) >= 11 is 0. The summed E-state index contributed by atoms with van der Waals surface area (Å²) in [5, 5.41) is 2.55. The molecule has 0 unspecified atom stereocenters. The van der Waals surface area contributed by atoms with Crippen molar-refractivity contribution in [2.75, 3.05) is 18.7 Å². The number of fused-ring (bicyclic) bond motifs is 2. The van der Waals surface area contributed by atoms with Gasteiger partial charge in [-0.15, -0.1) is 0 Å². The standard InChI is InChI=1S/C16H12N2O6S/c19-15(17-10-5-6-12-13(7-10)24-9-23-12)8-18-16(20)11-3-1-2-4-14(11)25(18,21)22/h1-7H,8-9H2,(H,17,19). The van der Waals surface area contributed by atoms with Gasteiger partial charge in [0.05, 0.1) is 5.56 Å². The van der Waals surface area contributed by atoms with Gasteiger partial charge >= 0.3 is 0 Å². The van der Waals surface area contributed by atoms with Gasteiger partial charge in [-0.05, 0) is 24.3 Å². The maximum absolute atomic E-state index is 12.4. The zero-order valence-electron chi connectivity index (χ0n) is 12.8. The molecule has 0 spiro atoms. The summed E-state index contributed by atoms with van der Waals surface area (Å²) in [7, 11) is -4.01. The Labute approximate surface area is 143 Å². The molecule has 4 rings (SSSR count). The van der Waals surface area contributed by atoms with Gasteiger partial charge in [-0.25, -0.2) is 12.7 Å². The van der Waals surface area contributed by atoms with Crippen LogP contribution in [0.5, 0.6) is 11.5 Å². The average molecular weight is 360 g/mol. The Morgan fingerprint density at radius 3 is 2.68 bits per heavy atom. The van der Waals surface area contributed by atoms with E-state index < -0.39 is 28.4 Å². The summed E-state index contributed by atoms with van der Waals surface area (Å²) in [6.07, 6.45) is 0. The topological polar surface area (TPSA) is 102 Å². The Hall–Kier alpha value is -3.07. The predicted octanol–water partition coefficient (Wildman–Crippen LogP) is 1.20. The van der Waals surface area contributed by atoms with E-state index in [2.05, 4.69) is 5.32 Å². The average Bonchev–Trinajstić information content (AvgIpc) is 3.12. The number of benzene rings is 2. The Morgan fingerprint density at radius 1 is 1.12 bits per heavy atom. The molecule has 0 fully saturated rings. The fourth-order valence-electron chi connectivity index (χ4n) is 2.69. The molecule has 2 aliphatic heterocycles. The van der Waals surface area contributed by atoms with Crippen molar-refractivity contribution in [1.29, 1.82) is 0 Å². The molecule has 0 radical (unpaired) electrons. The fraction of sp³-hybridized carbons (Fsp3) is 0.125. The Morgan fingerprint density at radius 2 is 1.88 bits per heavy atom. The van der Waals surface area contributed by atoms with Crippen molar-refractivity contribution in [2.24, 2.45) is 0 Å². The minimum Gasteiger partial charge on any atom is -0.454 e. The van der Waals surface area contributed by atoms with Crippen LogP contribution in [0.15, 0.2) is 47.4 Å². The zero-order chi connectivity index (χ0) is 17.6. The molecule has 128 valence electrons. The Kier molecular flexibility index (Phi) is 3.39. The molecule has 0 saturated heterocycles. The molecule has 25 heavy (non-hydrogen) atoms. The van der Waals surface area contributed by atoms with Crippen LogP contribution in [0, 0.1) is 0 Å². The molecule has 2 heterocycles. The normalized spacial score (nSPS) is 16.6. The first-order chi connectivity index (χ1) is 12.0. The van der Waals surface area contributed by atoms with Crippen LogP contribution in [0.2, 0.25) is 0 Å². The number of nitrogens with one attached hydrogen (secondary N) is 1. The SMILES string of the molecule is O=C(CN1C(=O)c2ccccc2S1(=O)=O)Nc1ccc2c(c1)OCO2. The first-order valence-corrected chi connectivity index (χ1v) is 8.76. The molecule has 0 atom stereocenters. The van der Waals surface area contributed by atoms with E-state index in [-0.39, 0.29) is 17.3 Å². The second kappa shape index (κ2) is 5.49. The molecule has 2 amide bonds. The number of hydrogen-bond donors (Lipinski definition) is 1. The molecule has 0 aliphatic carbocycles. The first-order valence-electron chi connectivity index (χ1n) is 7.32. The molecular weight excluding hydrogens is 348 g/mol. The van der Waals surface area contributed by atoms with Gasteiger partial charge in [0.25, 0.3) is 15.9 Å². The van der Waals surface area contributed by atoms with E-state index in [1.165, 1.54) is 18.2 Å². The lowest BCUT2D eigenvalue weighted by Gasteiger charge is -2.14. The van der Waals surface area contributed by atoms with Gasteiger partial charge < -0.3 is 14.8 Å². The van der Waals surface area contributed by atoms with Crippen LogP contribution in [-0.4, -0.2) is 37.9 Å². The van der Waals surface area contributed by atoms with Crippen molar-refractivity contribution in [2.45, 2.75) is 4.90 Å². The van der Waals surface area contributed by atoms with Crippen LogP contribution >= 0.6 is 0 Å². The van der Waals surface area contributed by atoms with E-state index in [0.29, 0.717) is 21.5 Å². The number of anilines is 1. The summed E-state index contributed by atoms with van der Waals surface area (Å²) in [4.78, 5) is 24.4. The van der Waals surface area contributed by atoms with Crippen molar-refractivity contribution in [3.63, 3.8) is 0 Å². The van der Waals surface area contributed by atoms with Crippen LogP contribution in [0.1, 0.15) is 10.4 Å². The number of rotatable bonds is 3. The van der Waals surface area contributed by atoms with E-state index in [0.717, 1.165) is 0 Å². The highest BCUT2D eigenvalue weighted by atomic mass is 32.2. The van der Waals surface area contributed by atoms with Crippen molar-refractivity contribution in [3.8, 4) is 11.5 Å². The van der Waals surface area contributed by atoms with Crippen LogP contribution in [0.4, 0.5) is 5.69 Å². The molecule has 9 heteroatoms. The van der Waals surface area contributed by atoms with E-state index in [9.17, 15) is 18.0 Å². The summed E-state index contributed by atoms with van der Waals surface area (Å²) in [6, 6.07) is 10.7. The molecule has 2 aromatic rings. The molecule has 8 nitrogen and oxygen atoms in total. The minimum atomic E-state index is -4.01. The van der Waals surface area contributed by atoms with Gasteiger partial charge in [-0.3, -0.25) is 9.59 Å². The molecule has 0 saturated carbocycles. The van der Waals surface area contributed by atoms with E-state index >= 15 is 0 Å². The highest BCUT2D eigenvalue weighted by Crippen LogP contribution is 2.34. The lowest BCUT2D eigenvalue weighted by molar-refractivity contribution is -0.116. The first kappa shape index (κ1) is 15.5. The smallest absolute Gasteiger partial charge is 0.269 e. The lowest BCUT2D eigenvalue weighted by atomic mass is 10.2. The number of carbonyl (C=O) groups excluding carboxylic acids is 2. The van der Waals surface area contributed by atoms with Gasteiger partial charge in [-0.1, -0.05) is 12.1 Å². The summed E-state index contributed by atoms with van der Waals surface area (Å²) in [5.74, 6) is -0.305. The van der Waals surface area contributed by atoms with Gasteiger partial charge in [0.2, 0.25) is 12.7 Å². The highest BCUT2D eigenvalue weighted by molar-refractivity contribution is 7.90. The zero-order valence-corrected chi connectivity index (χ0v) is 13.6. The second-order valence-electron chi connectivity index (χ2n) is 5.43. The maximum Gasteiger partial charge on any atom is 0.269 e. The number of ether oxygens (including phenoxy) is 2. The molecule has 0 bridgehead atoms. The fourth-order valence-corrected chi connectivity index (χ4v) is 4.22. The number of carbonyl (C=O) groups is 2. The summed E-state index contributed by atoms with van der Waals surface area (Å²) < 4.78 is 35.8. The van der Waals surface area contributed by atoms with E-state index in [1.807, 2.05) is 0 Å². The van der Waals surface area contributed by atoms with Crippen LogP contribution < -0.4 is 14.8 Å². The summed E-state index contributed by atoms with van der Waals surface area (Å²) in [6.45, 7) is -0.504. The highest BCUT2D eigenvalue weighted by Gasteiger charge is 2.41. The van der Waals surface area contributed by atoms with E-state index in [4.69, 9.17) is 9.47 Å². The molecule has 1 N–H and O–H groups in total. The minimum absolute atomic E-state index is 0.0679. The third kappa shape index (κ3) is 2.49. The van der Waals surface area contributed by atoms with E-state index in [1.54, 1.807) is 24.3 Å². The third-order valence-corrected chi connectivity index (χ3v) is 5.64. The largest absolute Gasteiger partial charge is 0.454 e. The molecular formula is C16H12N2O6S. The van der Waals surface area contributed by atoms with Crippen molar-refractivity contribution in [1.82, 2.24) is 4.31 Å². The third-order valence-electron chi connectivity index (χ3n) is 3.86. The predicted molar refractivity (Wildman–Crippen MR) is 85.9 cm³/mol. The number of nitrogens with zero attached hydrogens (tertiary/aromatic N) is 1. The molecule has 2 aromatic carbocycles. The van der Waals surface area contributed by atoms with Crippen LogP contribution in [0.25, 0.3) is 0 Å². The number of sulfonamides is 1. The van der Waals surface area contributed by atoms with Crippen LogP contribution in [0.3, 0.4) is 0 Å². The number of amides is 2. The Balaban J connectivity index is 1.53. The Bertz CT molecular complexity index is 1000. The van der Waals surface area contributed by atoms with Crippen molar-refractivity contribution in [3.05, 3.63) is 48.0 Å². The molecule has 0 aromatic heterocycles. The second-order valence-corrected chi connectivity index (χ2v) is 7.26. The molecule has 2 aliphatic rings. The maximum atomic E-state index is 12.4. The van der Waals surface area contributed by atoms with Gasteiger partial charge in [0.1, 0.15) is 11.4 Å². The van der Waals surface area contributed by atoms with Gasteiger partial charge in [0.15, 0.2) is 11.5 Å².